The van der Waals surface area contributed by atoms with Gasteiger partial charge in [-0.3, -0.25) is 4.90 Å². The van der Waals surface area contributed by atoms with Crippen LogP contribution >= 0.6 is 0 Å². The molecule has 1 aliphatic carbocycles. The van der Waals surface area contributed by atoms with Crippen molar-refractivity contribution in [2.45, 2.75) is 91.3 Å². The largest absolute Gasteiger partial charge is 0.300 e. The van der Waals surface area contributed by atoms with E-state index in [4.69, 9.17) is 0 Å². The van der Waals surface area contributed by atoms with Crippen LogP contribution in [-0.2, 0) is 0 Å². The Kier molecular flexibility index (Phi) is 6.55. The highest BCUT2D eigenvalue weighted by Crippen LogP contribution is 2.39. The van der Waals surface area contributed by atoms with Gasteiger partial charge in [-0.2, -0.15) is 0 Å². The molecule has 0 amide bonds. The maximum atomic E-state index is 2.66. The van der Waals surface area contributed by atoms with Crippen molar-refractivity contribution < 1.29 is 0 Å². The molecule has 124 valence electrons. The van der Waals surface area contributed by atoms with E-state index in [1.807, 2.05) is 0 Å². The van der Waals surface area contributed by atoms with Gasteiger partial charge in [0.2, 0.25) is 0 Å². The average Bonchev–Trinajstić information content (AvgIpc) is 2.88. The molecule has 0 aromatic carbocycles. The van der Waals surface area contributed by atoms with Crippen LogP contribution in [-0.4, -0.2) is 47.6 Å². The predicted octanol–water partition coefficient (Wildman–Crippen LogP) is 4.40. The second-order valence-electron chi connectivity index (χ2n) is 8.17. The Bertz CT molecular complexity index is 284. The van der Waals surface area contributed by atoms with E-state index < -0.39 is 0 Å². The molecule has 2 bridgehead atoms. The zero-order valence-electron chi connectivity index (χ0n) is 15.1. The minimum atomic E-state index is 0.758. The van der Waals surface area contributed by atoms with E-state index in [1.165, 1.54) is 58.2 Å². The van der Waals surface area contributed by atoms with Crippen LogP contribution in [0.3, 0.4) is 0 Å². The minimum absolute atomic E-state index is 0.758. The van der Waals surface area contributed by atoms with Gasteiger partial charge in [0.1, 0.15) is 0 Å². The van der Waals surface area contributed by atoms with Crippen LogP contribution in [0.25, 0.3) is 0 Å². The summed E-state index contributed by atoms with van der Waals surface area (Å²) in [5, 5.41) is 0. The normalized spacial score (nSPS) is 33.0. The lowest BCUT2D eigenvalue weighted by Gasteiger charge is -2.48. The van der Waals surface area contributed by atoms with Gasteiger partial charge in [-0.25, -0.2) is 0 Å². The van der Waals surface area contributed by atoms with Crippen molar-refractivity contribution >= 4 is 0 Å². The topological polar surface area (TPSA) is 6.48 Å². The molecular weight excluding hydrogens is 256 g/mol. The van der Waals surface area contributed by atoms with E-state index in [-0.39, 0.29) is 0 Å². The van der Waals surface area contributed by atoms with Gasteiger partial charge in [0.05, 0.1) is 0 Å². The van der Waals surface area contributed by atoms with E-state index in [1.54, 1.807) is 0 Å². The average molecular weight is 295 g/mol. The van der Waals surface area contributed by atoms with E-state index >= 15 is 0 Å². The maximum Gasteiger partial charge on any atom is 0.00983 e. The smallest absolute Gasteiger partial charge is 0.00983 e. The summed E-state index contributed by atoms with van der Waals surface area (Å²) in [5.41, 5.74) is 0. The summed E-state index contributed by atoms with van der Waals surface area (Å²) in [7, 11) is 0. The van der Waals surface area contributed by atoms with Crippen LogP contribution in [0, 0.1) is 11.8 Å². The van der Waals surface area contributed by atoms with E-state index in [2.05, 4.69) is 44.4 Å². The highest BCUT2D eigenvalue weighted by molar-refractivity contribution is 4.90. The van der Waals surface area contributed by atoms with Gasteiger partial charge in [0, 0.05) is 31.2 Å². The summed E-state index contributed by atoms with van der Waals surface area (Å²) in [6.07, 6.45) is 8.66. The van der Waals surface area contributed by atoms with Crippen molar-refractivity contribution in [3.8, 4) is 0 Å². The third-order valence-electron chi connectivity index (χ3n) is 5.76. The molecule has 3 aliphatic heterocycles. The molecular formula is C19H38N2. The maximum absolute atomic E-state index is 2.66. The van der Waals surface area contributed by atoms with E-state index in [9.17, 15) is 0 Å². The van der Waals surface area contributed by atoms with Gasteiger partial charge in [-0.15, -0.1) is 0 Å². The number of piperidine rings is 2. The molecule has 1 unspecified atom stereocenters. The molecule has 3 heterocycles. The Morgan fingerprint density at radius 2 is 1.57 bits per heavy atom. The lowest BCUT2D eigenvalue weighted by Crippen LogP contribution is -2.50. The molecule has 1 atom stereocenters. The standard InChI is InChI=1S/C10H21N.C9H17N/c1-4-6-10-7-5-8-11(10)9(2)3;1-7(2)10-5-8-3-9(4-8)6-10/h9-10H,4-8H2,1-3H3;7-9H,3-6H2,1-2H3. The monoisotopic (exact) mass is 294 g/mol. The van der Waals surface area contributed by atoms with Crippen LogP contribution in [0.4, 0.5) is 0 Å². The van der Waals surface area contributed by atoms with Crippen LogP contribution in [0.15, 0.2) is 0 Å². The molecule has 0 aromatic heterocycles. The summed E-state index contributed by atoms with van der Waals surface area (Å²) >= 11 is 0. The first kappa shape index (κ1) is 17.3. The van der Waals surface area contributed by atoms with Gasteiger partial charge >= 0.3 is 0 Å². The quantitative estimate of drug-likeness (QED) is 0.758. The Labute approximate surface area is 133 Å². The van der Waals surface area contributed by atoms with Crippen molar-refractivity contribution in [2.75, 3.05) is 19.6 Å². The van der Waals surface area contributed by atoms with Gasteiger partial charge in [0.25, 0.3) is 0 Å². The lowest BCUT2D eigenvalue weighted by atomic mass is 9.71. The SMILES string of the molecule is CC(C)N1CC2CC(C2)C1.CCCC1CCCN1C(C)C. The van der Waals surface area contributed by atoms with Crippen molar-refractivity contribution in [1.29, 1.82) is 0 Å². The lowest BCUT2D eigenvalue weighted by molar-refractivity contribution is 0.00980. The van der Waals surface area contributed by atoms with Crippen LogP contribution in [0.2, 0.25) is 0 Å². The second kappa shape index (κ2) is 7.97. The first-order chi connectivity index (χ1) is 10.0. The van der Waals surface area contributed by atoms with Crippen molar-refractivity contribution in [3.63, 3.8) is 0 Å². The molecule has 0 aromatic rings. The third kappa shape index (κ3) is 4.69. The fourth-order valence-corrected chi connectivity index (χ4v) is 4.51. The number of hydrogen-bond acceptors (Lipinski definition) is 2. The third-order valence-corrected chi connectivity index (χ3v) is 5.76. The fraction of sp³-hybridized carbons (Fsp3) is 1.00. The zero-order chi connectivity index (χ0) is 15.4. The number of nitrogens with zero attached hydrogens (tertiary/aromatic N) is 2. The Morgan fingerprint density at radius 1 is 0.952 bits per heavy atom. The Balaban J connectivity index is 0.000000154. The first-order valence-corrected chi connectivity index (χ1v) is 9.51. The highest BCUT2D eigenvalue weighted by Gasteiger charge is 2.37. The Hall–Kier alpha value is -0.0800. The van der Waals surface area contributed by atoms with E-state index in [0.717, 1.165) is 30.0 Å². The molecule has 0 N–H and O–H groups in total. The molecule has 0 spiro atoms. The summed E-state index contributed by atoms with van der Waals surface area (Å²) < 4.78 is 0. The van der Waals surface area contributed by atoms with Crippen molar-refractivity contribution in [1.82, 2.24) is 9.80 Å². The first-order valence-electron chi connectivity index (χ1n) is 9.51. The summed E-state index contributed by atoms with van der Waals surface area (Å²) in [6.45, 7) is 15.6. The number of rotatable bonds is 4. The van der Waals surface area contributed by atoms with Crippen molar-refractivity contribution in [2.24, 2.45) is 11.8 Å². The molecule has 4 rings (SSSR count). The molecule has 2 heteroatoms. The van der Waals surface area contributed by atoms with E-state index in [0.29, 0.717) is 0 Å². The molecule has 3 saturated heterocycles. The highest BCUT2D eigenvalue weighted by atomic mass is 15.2. The zero-order valence-corrected chi connectivity index (χ0v) is 15.1. The molecule has 0 radical (unpaired) electrons. The summed E-state index contributed by atoms with van der Waals surface area (Å²) in [6, 6.07) is 2.44. The predicted molar refractivity (Wildman–Crippen MR) is 92.7 cm³/mol. The molecule has 4 aliphatic rings. The fourth-order valence-electron chi connectivity index (χ4n) is 4.51. The molecule has 1 saturated carbocycles. The number of fused-ring (bicyclic) bond motifs is 2. The van der Waals surface area contributed by atoms with Crippen molar-refractivity contribution in [3.05, 3.63) is 0 Å². The van der Waals surface area contributed by atoms with Crippen LogP contribution < -0.4 is 0 Å². The Morgan fingerprint density at radius 3 is 2.00 bits per heavy atom. The van der Waals surface area contributed by atoms with Gasteiger partial charge in [-0.05, 0) is 78.2 Å². The van der Waals surface area contributed by atoms with Gasteiger partial charge in [0.15, 0.2) is 0 Å². The number of hydrogen-bond donors (Lipinski definition) is 0. The number of likely N-dealkylation sites (tertiary alicyclic amines) is 1. The molecule has 2 nitrogen and oxygen atoms in total. The second-order valence-corrected chi connectivity index (χ2v) is 8.17. The van der Waals surface area contributed by atoms with Crippen LogP contribution in [0.1, 0.15) is 73.1 Å². The van der Waals surface area contributed by atoms with Crippen LogP contribution in [0.5, 0.6) is 0 Å². The molecule has 4 fully saturated rings. The van der Waals surface area contributed by atoms with Gasteiger partial charge < -0.3 is 4.90 Å². The minimum Gasteiger partial charge on any atom is -0.300 e. The summed E-state index contributed by atoms with van der Waals surface area (Å²) in [4.78, 5) is 5.28. The summed E-state index contributed by atoms with van der Waals surface area (Å²) in [5.74, 6) is 2.14. The van der Waals surface area contributed by atoms with Gasteiger partial charge in [-0.1, -0.05) is 13.3 Å². The molecule has 21 heavy (non-hydrogen) atoms.